The number of thiazole rings is 1. The monoisotopic (exact) mass is 332 g/mol. The van der Waals surface area contributed by atoms with Crippen molar-refractivity contribution < 1.29 is 9.84 Å². The highest BCUT2D eigenvalue weighted by Gasteiger charge is 2.19. The van der Waals surface area contributed by atoms with Crippen LogP contribution >= 0.6 is 11.3 Å². The zero-order valence-electron chi connectivity index (χ0n) is 13.6. The molecule has 0 aliphatic carbocycles. The van der Waals surface area contributed by atoms with Crippen molar-refractivity contribution in [2.24, 2.45) is 5.92 Å². The van der Waals surface area contributed by atoms with Crippen molar-refractivity contribution in [3.05, 3.63) is 45.9 Å². The predicted octanol–water partition coefficient (Wildman–Crippen LogP) is 3.23. The molecule has 3 rings (SSSR count). The van der Waals surface area contributed by atoms with Crippen LogP contribution in [0.25, 0.3) is 0 Å². The molecule has 0 amide bonds. The Morgan fingerprint density at radius 3 is 2.96 bits per heavy atom. The summed E-state index contributed by atoms with van der Waals surface area (Å²) in [6.45, 7) is 5.83. The van der Waals surface area contributed by atoms with Crippen molar-refractivity contribution in [3.8, 4) is 5.75 Å². The number of aromatic nitrogens is 1. The maximum Gasteiger partial charge on any atom is 0.140 e. The molecular weight excluding hydrogens is 308 g/mol. The fraction of sp³-hybridized carbons (Fsp3) is 0.500. The van der Waals surface area contributed by atoms with Gasteiger partial charge in [-0.3, -0.25) is 4.90 Å². The Labute approximate surface area is 141 Å². The second-order valence-electron chi connectivity index (χ2n) is 6.26. The van der Waals surface area contributed by atoms with Gasteiger partial charge in [-0.15, -0.1) is 11.3 Å². The molecule has 1 aliphatic rings. The van der Waals surface area contributed by atoms with Crippen LogP contribution < -0.4 is 4.74 Å². The average Bonchev–Trinajstić information content (AvgIpc) is 3.02. The molecule has 2 heterocycles. The summed E-state index contributed by atoms with van der Waals surface area (Å²) in [5.41, 5.74) is 2.34. The molecule has 1 aromatic heterocycles. The van der Waals surface area contributed by atoms with Gasteiger partial charge in [-0.1, -0.05) is 17.7 Å². The van der Waals surface area contributed by atoms with Gasteiger partial charge in [0.05, 0.1) is 5.69 Å². The first-order valence-corrected chi connectivity index (χ1v) is 9.07. The molecule has 1 N–H and O–H groups in total. The van der Waals surface area contributed by atoms with Crippen LogP contribution in [0.1, 0.15) is 29.1 Å². The Kier molecular flexibility index (Phi) is 5.65. The highest BCUT2D eigenvalue weighted by Crippen LogP contribution is 2.20. The quantitative estimate of drug-likeness (QED) is 0.882. The molecule has 1 saturated heterocycles. The summed E-state index contributed by atoms with van der Waals surface area (Å²) in [7, 11) is 0. The Hall–Kier alpha value is -1.43. The number of nitrogens with zero attached hydrogens (tertiary/aromatic N) is 2. The van der Waals surface area contributed by atoms with Crippen LogP contribution in [0.2, 0.25) is 0 Å². The van der Waals surface area contributed by atoms with Crippen LogP contribution in [0.3, 0.4) is 0 Å². The normalized spacial score (nSPS) is 19.0. The van der Waals surface area contributed by atoms with E-state index in [2.05, 4.69) is 34.3 Å². The number of aliphatic hydroxyl groups is 1. The molecule has 1 aromatic carbocycles. The van der Waals surface area contributed by atoms with Crippen LogP contribution in [-0.4, -0.2) is 34.7 Å². The number of likely N-dealkylation sites (tertiary alicyclic amines) is 1. The van der Waals surface area contributed by atoms with Crippen LogP contribution in [-0.2, 0) is 13.2 Å². The number of piperidine rings is 1. The van der Waals surface area contributed by atoms with Crippen molar-refractivity contribution in [3.63, 3.8) is 0 Å². The molecule has 4 nitrogen and oxygen atoms in total. The first-order valence-electron chi connectivity index (χ1n) is 8.19. The fourth-order valence-electron chi connectivity index (χ4n) is 2.94. The molecular formula is C18H24N2O2S. The van der Waals surface area contributed by atoms with E-state index in [9.17, 15) is 5.11 Å². The molecule has 5 heteroatoms. The highest BCUT2D eigenvalue weighted by atomic mass is 32.1. The van der Waals surface area contributed by atoms with E-state index >= 15 is 0 Å². The first-order chi connectivity index (χ1) is 11.2. The first kappa shape index (κ1) is 16.4. The number of aryl methyl sites for hydroxylation is 1. The van der Waals surface area contributed by atoms with Gasteiger partial charge in [0, 0.05) is 25.1 Å². The Bertz CT molecular complexity index is 612. The molecule has 1 atom stereocenters. The van der Waals surface area contributed by atoms with Crippen LogP contribution in [0.15, 0.2) is 29.6 Å². The highest BCUT2D eigenvalue weighted by molar-refractivity contribution is 7.09. The largest absolute Gasteiger partial charge is 0.486 e. The molecule has 1 unspecified atom stereocenters. The van der Waals surface area contributed by atoms with Gasteiger partial charge in [0.2, 0.25) is 0 Å². The van der Waals surface area contributed by atoms with Gasteiger partial charge in [0.25, 0.3) is 0 Å². The van der Waals surface area contributed by atoms with Gasteiger partial charge >= 0.3 is 0 Å². The van der Waals surface area contributed by atoms with Crippen molar-refractivity contribution in [2.45, 2.75) is 32.9 Å². The van der Waals surface area contributed by atoms with Gasteiger partial charge in [0.15, 0.2) is 0 Å². The lowest BCUT2D eigenvalue weighted by molar-refractivity contribution is 0.115. The number of hydrogen-bond acceptors (Lipinski definition) is 5. The summed E-state index contributed by atoms with van der Waals surface area (Å²) in [4.78, 5) is 7.07. The topological polar surface area (TPSA) is 45.6 Å². The van der Waals surface area contributed by atoms with E-state index in [1.165, 1.54) is 12.0 Å². The minimum absolute atomic E-state index is 0.295. The van der Waals surface area contributed by atoms with Gasteiger partial charge < -0.3 is 9.84 Å². The molecule has 23 heavy (non-hydrogen) atoms. The smallest absolute Gasteiger partial charge is 0.140 e. The number of rotatable bonds is 6. The third-order valence-electron chi connectivity index (χ3n) is 4.23. The van der Waals surface area contributed by atoms with Gasteiger partial charge in [-0.2, -0.15) is 0 Å². The fourth-order valence-corrected chi connectivity index (χ4v) is 3.64. The predicted molar refractivity (Wildman–Crippen MR) is 92.7 cm³/mol. The number of ether oxygens (including phenoxy) is 1. The van der Waals surface area contributed by atoms with Crippen molar-refractivity contribution in [1.82, 2.24) is 9.88 Å². The van der Waals surface area contributed by atoms with Crippen molar-refractivity contribution >= 4 is 11.3 Å². The lowest BCUT2D eigenvalue weighted by atomic mass is 9.99. The van der Waals surface area contributed by atoms with E-state index in [0.717, 1.165) is 42.5 Å². The number of benzene rings is 1. The summed E-state index contributed by atoms with van der Waals surface area (Å²) in [6.07, 6.45) is 2.30. The SMILES string of the molecule is Cc1ccc(OCc2nc(CN3CCCC(CO)C3)cs2)cc1. The molecule has 1 aliphatic heterocycles. The van der Waals surface area contributed by atoms with Crippen molar-refractivity contribution in [2.75, 3.05) is 19.7 Å². The zero-order chi connectivity index (χ0) is 16.1. The number of aliphatic hydroxyl groups excluding tert-OH is 1. The standard InChI is InChI=1S/C18H24N2O2S/c1-14-4-6-17(7-5-14)22-12-18-19-16(13-23-18)10-20-8-2-3-15(9-20)11-21/h4-7,13,15,21H,2-3,8-12H2,1H3. The van der Waals surface area contributed by atoms with Crippen LogP contribution in [0.5, 0.6) is 5.75 Å². The van der Waals surface area contributed by atoms with E-state index < -0.39 is 0 Å². The second-order valence-corrected chi connectivity index (χ2v) is 7.20. The van der Waals surface area contributed by atoms with Crippen molar-refractivity contribution in [1.29, 1.82) is 0 Å². The summed E-state index contributed by atoms with van der Waals surface area (Å²) in [5, 5.41) is 12.4. The Morgan fingerprint density at radius 1 is 1.35 bits per heavy atom. The molecule has 1 fully saturated rings. The van der Waals surface area contributed by atoms with Crippen LogP contribution in [0, 0.1) is 12.8 Å². The molecule has 0 spiro atoms. The minimum atomic E-state index is 0.295. The van der Waals surface area contributed by atoms with E-state index in [1.54, 1.807) is 11.3 Å². The van der Waals surface area contributed by atoms with E-state index in [0.29, 0.717) is 19.1 Å². The Balaban J connectivity index is 1.50. The van der Waals surface area contributed by atoms with E-state index in [4.69, 9.17) is 4.74 Å². The zero-order valence-corrected chi connectivity index (χ0v) is 14.4. The lowest BCUT2D eigenvalue weighted by Crippen LogP contribution is -2.36. The molecule has 2 aromatic rings. The summed E-state index contributed by atoms with van der Waals surface area (Å²) in [5.74, 6) is 1.31. The summed E-state index contributed by atoms with van der Waals surface area (Å²) >= 11 is 1.65. The molecule has 0 saturated carbocycles. The molecule has 0 bridgehead atoms. The number of hydrogen-bond donors (Lipinski definition) is 1. The maximum atomic E-state index is 9.32. The summed E-state index contributed by atoms with van der Waals surface area (Å²) < 4.78 is 5.79. The van der Waals surface area contributed by atoms with Gasteiger partial charge in [0.1, 0.15) is 17.4 Å². The summed E-state index contributed by atoms with van der Waals surface area (Å²) in [6, 6.07) is 8.09. The van der Waals surface area contributed by atoms with Gasteiger partial charge in [-0.25, -0.2) is 4.98 Å². The lowest BCUT2D eigenvalue weighted by Gasteiger charge is -2.31. The third-order valence-corrected chi connectivity index (χ3v) is 5.10. The Morgan fingerprint density at radius 2 is 2.17 bits per heavy atom. The van der Waals surface area contributed by atoms with Crippen LogP contribution in [0.4, 0.5) is 0 Å². The van der Waals surface area contributed by atoms with E-state index in [-0.39, 0.29) is 0 Å². The maximum absolute atomic E-state index is 9.32. The minimum Gasteiger partial charge on any atom is -0.486 e. The third kappa shape index (κ3) is 4.77. The van der Waals surface area contributed by atoms with Gasteiger partial charge in [-0.05, 0) is 44.4 Å². The second kappa shape index (κ2) is 7.90. The molecule has 0 radical (unpaired) electrons. The molecule has 124 valence electrons. The average molecular weight is 332 g/mol. The van der Waals surface area contributed by atoms with E-state index in [1.807, 2.05) is 12.1 Å².